The summed E-state index contributed by atoms with van der Waals surface area (Å²) in [6.07, 6.45) is 3.39. The Bertz CT molecular complexity index is 475. The molecule has 0 radical (unpaired) electrons. The predicted octanol–water partition coefficient (Wildman–Crippen LogP) is 0.191. The van der Waals surface area contributed by atoms with Gasteiger partial charge in [0.2, 0.25) is 10.0 Å². The summed E-state index contributed by atoms with van der Waals surface area (Å²) in [5, 5.41) is 4.02. The van der Waals surface area contributed by atoms with Crippen LogP contribution in [0.15, 0.2) is 12.3 Å². The lowest BCUT2D eigenvalue weighted by Crippen LogP contribution is -2.40. The van der Waals surface area contributed by atoms with E-state index in [9.17, 15) is 8.42 Å². The van der Waals surface area contributed by atoms with Crippen LogP contribution in [0.25, 0.3) is 0 Å². The molecule has 3 rings (SSSR count). The first-order chi connectivity index (χ1) is 7.18. The van der Waals surface area contributed by atoms with Crippen molar-refractivity contribution in [2.45, 2.75) is 31.2 Å². The van der Waals surface area contributed by atoms with Crippen LogP contribution in [0.2, 0.25) is 0 Å². The fraction of sp³-hybridized carbons (Fsp3) is 0.667. The van der Waals surface area contributed by atoms with Gasteiger partial charge in [0.15, 0.2) is 0 Å². The third-order valence-corrected chi connectivity index (χ3v) is 5.35. The summed E-state index contributed by atoms with van der Waals surface area (Å²) in [5.41, 5.74) is 0.991. The highest BCUT2D eigenvalue weighted by molar-refractivity contribution is 7.90. The van der Waals surface area contributed by atoms with E-state index in [1.807, 2.05) is 10.7 Å². The summed E-state index contributed by atoms with van der Waals surface area (Å²) in [7, 11) is -3.02. The molecule has 0 amide bonds. The number of fused-ring (bicyclic) bond motifs is 1. The second-order valence-corrected chi connectivity index (χ2v) is 6.34. The van der Waals surface area contributed by atoms with Crippen molar-refractivity contribution in [3.8, 4) is 0 Å². The quantitative estimate of drug-likeness (QED) is 0.724. The van der Waals surface area contributed by atoms with Gasteiger partial charge in [0.1, 0.15) is 0 Å². The lowest BCUT2D eigenvalue weighted by atomic mass is 10.3. The van der Waals surface area contributed by atoms with Gasteiger partial charge in [-0.05, 0) is 18.9 Å². The van der Waals surface area contributed by atoms with Crippen molar-refractivity contribution in [1.82, 2.24) is 14.1 Å². The first-order valence-electron chi connectivity index (χ1n) is 5.17. The van der Waals surface area contributed by atoms with Crippen LogP contribution in [0.5, 0.6) is 0 Å². The van der Waals surface area contributed by atoms with Crippen molar-refractivity contribution in [1.29, 1.82) is 0 Å². The van der Waals surface area contributed by atoms with Crippen molar-refractivity contribution in [3.05, 3.63) is 18.0 Å². The molecule has 1 saturated carbocycles. The summed E-state index contributed by atoms with van der Waals surface area (Å²) in [6, 6.07) is 1.88. The average molecular weight is 227 g/mol. The molecule has 5 nitrogen and oxygen atoms in total. The van der Waals surface area contributed by atoms with Gasteiger partial charge in [0, 0.05) is 12.7 Å². The number of nitrogens with zero attached hydrogens (tertiary/aromatic N) is 3. The molecule has 82 valence electrons. The van der Waals surface area contributed by atoms with E-state index < -0.39 is 10.0 Å². The molecule has 0 atom stereocenters. The van der Waals surface area contributed by atoms with E-state index in [0.29, 0.717) is 19.6 Å². The molecule has 0 aromatic carbocycles. The third-order valence-electron chi connectivity index (χ3n) is 3.01. The van der Waals surface area contributed by atoms with Crippen molar-refractivity contribution in [2.24, 2.45) is 0 Å². The first kappa shape index (κ1) is 9.35. The molecule has 0 unspecified atom stereocenters. The molecule has 1 aliphatic heterocycles. The van der Waals surface area contributed by atoms with E-state index in [-0.39, 0.29) is 5.25 Å². The SMILES string of the molecule is O=S(=O)(C1CC1)N1CCn2nccc2C1. The van der Waals surface area contributed by atoms with E-state index in [1.54, 1.807) is 10.5 Å². The molecule has 2 heterocycles. The molecule has 1 fully saturated rings. The van der Waals surface area contributed by atoms with Gasteiger partial charge in [-0.3, -0.25) is 4.68 Å². The van der Waals surface area contributed by atoms with Gasteiger partial charge in [-0.2, -0.15) is 9.40 Å². The van der Waals surface area contributed by atoms with Crippen molar-refractivity contribution >= 4 is 10.0 Å². The van der Waals surface area contributed by atoms with Crippen LogP contribution in [0, 0.1) is 0 Å². The van der Waals surface area contributed by atoms with E-state index in [1.165, 1.54) is 0 Å². The second-order valence-electron chi connectivity index (χ2n) is 4.12. The maximum Gasteiger partial charge on any atom is 0.217 e. The van der Waals surface area contributed by atoms with Gasteiger partial charge in [-0.25, -0.2) is 8.42 Å². The first-order valence-corrected chi connectivity index (χ1v) is 6.68. The Morgan fingerprint density at radius 1 is 1.33 bits per heavy atom. The minimum atomic E-state index is -3.02. The van der Waals surface area contributed by atoms with Crippen LogP contribution in [0.4, 0.5) is 0 Å². The van der Waals surface area contributed by atoms with Gasteiger partial charge < -0.3 is 0 Å². The molecule has 1 aromatic rings. The Balaban J connectivity index is 1.87. The molecule has 0 spiro atoms. The topological polar surface area (TPSA) is 55.2 Å². The minimum absolute atomic E-state index is 0.105. The molecule has 6 heteroatoms. The Labute approximate surface area is 88.7 Å². The lowest BCUT2D eigenvalue weighted by molar-refractivity contribution is 0.326. The van der Waals surface area contributed by atoms with E-state index in [0.717, 1.165) is 18.5 Å². The summed E-state index contributed by atoms with van der Waals surface area (Å²) >= 11 is 0. The zero-order valence-corrected chi connectivity index (χ0v) is 9.15. The molecule has 15 heavy (non-hydrogen) atoms. The highest BCUT2D eigenvalue weighted by Gasteiger charge is 2.41. The Morgan fingerprint density at radius 2 is 2.13 bits per heavy atom. The summed E-state index contributed by atoms with van der Waals surface area (Å²) < 4.78 is 27.4. The molecular weight excluding hydrogens is 214 g/mol. The van der Waals surface area contributed by atoms with Crippen molar-refractivity contribution in [3.63, 3.8) is 0 Å². The average Bonchev–Trinajstić information content (AvgIpc) is 2.97. The Morgan fingerprint density at radius 3 is 2.87 bits per heavy atom. The largest absolute Gasteiger partial charge is 0.267 e. The zero-order valence-electron chi connectivity index (χ0n) is 8.33. The normalized spacial score (nSPS) is 22.7. The predicted molar refractivity (Wildman–Crippen MR) is 54.6 cm³/mol. The van der Waals surface area contributed by atoms with Crippen molar-refractivity contribution < 1.29 is 8.42 Å². The molecule has 0 bridgehead atoms. The van der Waals surface area contributed by atoms with Gasteiger partial charge in [0.25, 0.3) is 0 Å². The third kappa shape index (κ3) is 1.48. The minimum Gasteiger partial charge on any atom is -0.267 e. The van der Waals surface area contributed by atoms with Gasteiger partial charge >= 0.3 is 0 Å². The molecule has 0 saturated heterocycles. The maximum absolute atomic E-state index is 12.0. The highest BCUT2D eigenvalue weighted by atomic mass is 32.2. The van der Waals surface area contributed by atoms with Gasteiger partial charge in [-0.15, -0.1) is 0 Å². The van der Waals surface area contributed by atoms with Crippen LogP contribution in [0.3, 0.4) is 0 Å². The summed E-state index contributed by atoms with van der Waals surface area (Å²) in [4.78, 5) is 0. The summed E-state index contributed by atoms with van der Waals surface area (Å²) in [6.45, 7) is 1.72. The maximum atomic E-state index is 12.0. The lowest BCUT2D eigenvalue weighted by Gasteiger charge is -2.26. The van der Waals surface area contributed by atoms with E-state index >= 15 is 0 Å². The number of hydrogen-bond donors (Lipinski definition) is 0. The highest BCUT2D eigenvalue weighted by Crippen LogP contribution is 2.32. The smallest absolute Gasteiger partial charge is 0.217 e. The Hall–Kier alpha value is -0.880. The number of hydrogen-bond acceptors (Lipinski definition) is 3. The standard InChI is InChI=1S/C9H13N3O2S/c13-15(14,9-1-2-9)11-5-6-12-8(7-11)3-4-10-12/h3-4,9H,1-2,5-7H2. The van der Waals surface area contributed by atoms with E-state index in [4.69, 9.17) is 0 Å². The molecular formula is C9H13N3O2S. The summed E-state index contributed by atoms with van der Waals surface area (Å²) in [5.74, 6) is 0. The molecule has 0 N–H and O–H groups in total. The fourth-order valence-corrected chi connectivity index (χ4v) is 3.76. The van der Waals surface area contributed by atoms with Crippen LogP contribution < -0.4 is 0 Å². The number of aromatic nitrogens is 2. The zero-order chi connectivity index (χ0) is 10.5. The van der Waals surface area contributed by atoms with Gasteiger partial charge in [-0.1, -0.05) is 0 Å². The monoisotopic (exact) mass is 227 g/mol. The van der Waals surface area contributed by atoms with E-state index in [2.05, 4.69) is 5.10 Å². The van der Waals surface area contributed by atoms with Crippen LogP contribution in [-0.2, 0) is 23.1 Å². The molecule has 2 aliphatic rings. The van der Waals surface area contributed by atoms with Crippen LogP contribution in [0.1, 0.15) is 18.5 Å². The second kappa shape index (κ2) is 3.05. The number of rotatable bonds is 2. The number of sulfonamides is 1. The Kier molecular flexibility index (Phi) is 1.90. The fourth-order valence-electron chi connectivity index (χ4n) is 1.96. The van der Waals surface area contributed by atoms with Crippen LogP contribution in [-0.4, -0.2) is 34.3 Å². The van der Waals surface area contributed by atoms with Crippen molar-refractivity contribution in [2.75, 3.05) is 6.54 Å². The molecule has 1 aliphatic carbocycles. The van der Waals surface area contributed by atoms with Gasteiger partial charge in [0.05, 0.1) is 24.0 Å². The molecule has 1 aromatic heterocycles. The van der Waals surface area contributed by atoms with Crippen LogP contribution >= 0.6 is 0 Å².